The highest BCUT2D eigenvalue weighted by Gasteiger charge is 2.51. The van der Waals surface area contributed by atoms with Gasteiger partial charge in [0.1, 0.15) is 5.82 Å². The van der Waals surface area contributed by atoms with Crippen LogP contribution in [0.25, 0.3) is 27.6 Å². The first-order chi connectivity index (χ1) is 25.8. The highest BCUT2D eigenvalue weighted by molar-refractivity contribution is 6.07. The molecule has 6 aromatic carbocycles. The van der Waals surface area contributed by atoms with Gasteiger partial charge in [-0.3, -0.25) is 9.88 Å². The summed E-state index contributed by atoms with van der Waals surface area (Å²) < 4.78 is 2.26. The molecule has 0 saturated heterocycles. The molecule has 5 heteroatoms. The second-order valence-electron chi connectivity index (χ2n) is 13.4. The number of anilines is 6. The molecule has 0 N–H and O–H groups in total. The van der Waals surface area contributed by atoms with Crippen LogP contribution in [0.5, 0.6) is 0 Å². The molecule has 1 spiro atoms. The molecule has 0 amide bonds. The molecule has 0 radical (unpaired) electrons. The Hall–Kier alpha value is -6.98. The van der Waals surface area contributed by atoms with E-state index in [1.807, 2.05) is 18.5 Å². The van der Waals surface area contributed by atoms with Crippen molar-refractivity contribution in [3.8, 4) is 5.69 Å². The Morgan fingerprint density at radius 2 is 0.904 bits per heavy atom. The highest BCUT2D eigenvalue weighted by atomic mass is 15.2. The summed E-state index contributed by atoms with van der Waals surface area (Å²) >= 11 is 0. The minimum atomic E-state index is -0.571. The molecule has 5 heterocycles. The smallest absolute Gasteiger partial charge is 0.137 e. The van der Waals surface area contributed by atoms with Crippen LogP contribution in [0.4, 0.5) is 34.3 Å². The van der Waals surface area contributed by atoms with Crippen LogP contribution < -0.4 is 9.80 Å². The van der Waals surface area contributed by atoms with Crippen LogP contribution in [0.2, 0.25) is 0 Å². The number of hydrogen-bond acceptors (Lipinski definition) is 4. The number of hydrogen-bond donors (Lipinski definition) is 0. The van der Waals surface area contributed by atoms with E-state index in [0.29, 0.717) is 0 Å². The van der Waals surface area contributed by atoms with Crippen molar-refractivity contribution < 1.29 is 0 Å². The first-order valence-electron chi connectivity index (χ1n) is 17.7. The van der Waals surface area contributed by atoms with Gasteiger partial charge >= 0.3 is 0 Å². The normalized spacial score (nSPS) is 13.8. The summed E-state index contributed by atoms with van der Waals surface area (Å²) in [6, 6.07) is 63.2. The van der Waals surface area contributed by atoms with E-state index in [4.69, 9.17) is 9.97 Å². The minimum absolute atomic E-state index is 0.571. The van der Waals surface area contributed by atoms with Crippen molar-refractivity contribution in [2.75, 3.05) is 9.80 Å². The van der Waals surface area contributed by atoms with Crippen LogP contribution >= 0.6 is 0 Å². The summed E-state index contributed by atoms with van der Waals surface area (Å²) in [7, 11) is 0. The number of fused-ring (bicyclic) bond motifs is 11. The SMILES string of the molecule is c1ccc(N2c3ccccc3C3(c4ccccc42)c2ccccc2N(c2ccc(-n4c5ccccc5c5ncccc54)cn2)c2ccccc23)cc1. The summed E-state index contributed by atoms with van der Waals surface area (Å²) in [6.07, 6.45) is 3.85. The fraction of sp³-hybridized carbons (Fsp3) is 0.0213. The Kier molecular flexibility index (Phi) is 6.10. The molecule has 0 unspecified atom stereocenters. The van der Waals surface area contributed by atoms with Crippen molar-refractivity contribution in [1.29, 1.82) is 0 Å². The van der Waals surface area contributed by atoms with Crippen molar-refractivity contribution in [3.05, 3.63) is 211 Å². The van der Waals surface area contributed by atoms with E-state index in [1.54, 1.807) is 0 Å². The molecule has 2 aliphatic rings. The molecule has 2 aliphatic heterocycles. The molecule has 3 aromatic heterocycles. The van der Waals surface area contributed by atoms with Gasteiger partial charge in [0.25, 0.3) is 0 Å². The number of aromatic nitrogens is 3. The first kappa shape index (κ1) is 28.8. The average Bonchev–Trinajstić information content (AvgIpc) is 3.56. The van der Waals surface area contributed by atoms with Crippen molar-refractivity contribution in [1.82, 2.24) is 14.5 Å². The third-order valence-corrected chi connectivity index (χ3v) is 10.9. The van der Waals surface area contributed by atoms with E-state index in [0.717, 1.165) is 50.5 Å². The number of nitrogens with zero attached hydrogens (tertiary/aromatic N) is 5. The lowest BCUT2D eigenvalue weighted by atomic mass is 9.60. The maximum Gasteiger partial charge on any atom is 0.137 e. The van der Waals surface area contributed by atoms with Gasteiger partial charge in [0.05, 0.1) is 56.6 Å². The lowest BCUT2D eigenvalue weighted by molar-refractivity contribution is 0.718. The van der Waals surface area contributed by atoms with Crippen molar-refractivity contribution in [2.24, 2.45) is 0 Å². The van der Waals surface area contributed by atoms with Gasteiger partial charge in [-0.25, -0.2) is 4.98 Å². The van der Waals surface area contributed by atoms with Gasteiger partial charge in [-0.05, 0) is 89.0 Å². The monoisotopic (exact) mass is 665 g/mol. The van der Waals surface area contributed by atoms with Gasteiger partial charge in [-0.15, -0.1) is 0 Å². The van der Waals surface area contributed by atoms with E-state index >= 15 is 0 Å². The predicted octanol–water partition coefficient (Wildman–Crippen LogP) is 11.5. The molecule has 9 aromatic rings. The Balaban J connectivity index is 1.14. The van der Waals surface area contributed by atoms with Gasteiger partial charge in [-0.1, -0.05) is 109 Å². The van der Waals surface area contributed by atoms with Crippen molar-refractivity contribution >= 4 is 56.2 Å². The Morgan fingerprint density at radius 3 is 1.50 bits per heavy atom. The lowest BCUT2D eigenvalue weighted by Gasteiger charge is -2.51. The predicted molar refractivity (Wildman–Crippen MR) is 211 cm³/mol. The summed E-state index contributed by atoms with van der Waals surface area (Å²) in [5.74, 6) is 0.862. The minimum Gasteiger partial charge on any atom is -0.310 e. The van der Waals surface area contributed by atoms with Crippen LogP contribution in [-0.2, 0) is 5.41 Å². The van der Waals surface area contributed by atoms with Crippen LogP contribution in [0.15, 0.2) is 188 Å². The van der Waals surface area contributed by atoms with Crippen molar-refractivity contribution in [2.45, 2.75) is 5.41 Å². The highest BCUT2D eigenvalue weighted by Crippen LogP contribution is 2.63. The van der Waals surface area contributed by atoms with E-state index in [2.05, 4.69) is 184 Å². The molecule has 52 heavy (non-hydrogen) atoms. The van der Waals surface area contributed by atoms with Crippen LogP contribution in [0, 0.1) is 0 Å². The Labute approximate surface area is 301 Å². The second-order valence-corrected chi connectivity index (χ2v) is 13.4. The average molecular weight is 666 g/mol. The van der Waals surface area contributed by atoms with Gasteiger partial charge in [0, 0.05) is 17.3 Å². The zero-order chi connectivity index (χ0) is 34.2. The van der Waals surface area contributed by atoms with Crippen LogP contribution in [0.1, 0.15) is 22.3 Å². The maximum atomic E-state index is 5.22. The molecule has 11 rings (SSSR count). The van der Waals surface area contributed by atoms with E-state index in [9.17, 15) is 0 Å². The topological polar surface area (TPSA) is 37.2 Å². The number of para-hydroxylation sites is 6. The first-order valence-corrected chi connectivity index (χ1v) is 17.7. The lowest BCUT2D eigenvalue weighted by Crippen LogP contribution is -2.42. The zero-order valence-corrected chi connectivity index (χ0v) is 28.1. The Bertz CT molecular complexity index is 2670. The molecule has 5 nitrogen and oxygen atoms in total. The summed E-state index contributed by atoms with van der Waals surface area (Å²) in [4.78, 5) is 14.7. The molecule has 0 aliphatic carbocycles. The second kappa shape index (κ2) is 11.0. The molecular weight excluding hydrogens is 635 g/mol. The summed E-state index contributed by atoms with van der Waals surface area (Å²) in [5, 5.41) is 1.13. The van der Waals surface area contributed by atoms with E-state index in [1.165, 1.54) is 33.6 Å². The van der Waals surface area contributed by atoms with E-state index in [-0.39, 0.29) is 0 Å². The molecule has 244 valence electrons. The van der Waals surface area contributed by atoms with Crippen molar-refractivity contribution in [3.63, 3.8) is 0 Å². The van der Waals surface area contributed by atoms with Gasteiger partial charge in [0.2, 0.25) is 0 Å². The number of pyridine rings is 2. The van der Waals surface area contributed by atoms with Gasteiger partial charge in [0.15, 0.2) is 0 Å². The summed E-state index contributed by atoms with van der Waals surface area (Å²) in [5.41, 5.74) is 14.2. The molecule has 0 fully saturated rings. The standard InChI is InChI=1S/C47H31N5/c1-2-15-32(16-3-1)50-40-23-10-5-18-35(40)47(36-19-6-11-24-41(36)50)37-20-7-12-25-42(37)52(43-26-13-8-21-38(43)47)45-29-28-33(31-49-45)51-39-22-9-4-17-34(39)46-44(51)27-14-30-48-46/h1-31H. The molecule has 0 saturated carbocycles. The quantitative estimate of drug-likeness (QED) is 0.188. The molecular formula is C47H31N5. The van der Waals surface area contributed by atoms with Gasteiger partial charge < -0.3 is 9.47 Å². The summed E-state index contributed by atoms with van der Waals surface area (Å²) in [6.45, 7) is 0. The maximum absolute atomic E-state index is 5.22. The molecule has 0 bridgehead atoms. The largest absolute Gasteiger partial charge is 0.310 e. The Morgan fingerprint density at radius 1 is 0.385 bits per heavy atom. The zero-order valence-electron chi connectivity index (χ0n) is 28.1. The third-order valence-electron chi connectivity index (χ3n) is 10.9. The number of benzene rings is 6. The fourth-order valence-corrected chi connectivity index (χ4v) is 8.88. The number of rotatable bonds is 3. The molecule has 0 atom stereocenters. The van der Waals surface area contributed by atoms with Gasteiger partial charge in [-0.2, -0.15) is 0 Å². The van der Waals surface area contributed by atoms with Crippen LogP contribution in [0.3, 0.4) is 0 Å². The van der Waals surface area contributed by atoms with Crippen LogP contribution in [-0.4, -0.2) is 14.5 Å². The fourth-order valence-electron chi connectivity index (χ4n) is 8.88. The third kappa shape index (κ3) is 3.82. The van der Waals surface area contributed by atoms with E-state index < -0.39 is 5.41 Å².